The van der Waals surface area contributed by atoms with Gasteiger partial charge in [-0.05, 0) is 17.7 Å². The Labute approximate surface area is 91.8 Å². The molecule has 1 heterocycles. The minimum Gasteiger partial charge on any atom is -0.506 e. The number of morpholine rings is 1. The third-order valence-corrected chi connectivity index (χ3v) is 2.70. The second-order valence-electron chi connectivity index (χ2n) is 3.40. The van der Waals surface area contributed by atoms with Crippen molar-refractivity contribution in [3.8, 4) is 5.75 Å². The fraction of sp³-hybridized carbons (Fsp3) is 0.400. The summed E-state index contributed by atoms with van der Waals surface area (Å²) in [7, 11) is 0. The van der Waals surface area contributed by atoms with Crippen molar-refractivity contribution in [1.82, 2.24) is 5.32 Å². The lowest BCUT2D eigenvalue weighted by atomic mass is 10.1. The third kappa shape index (κ3) is 2.22. The number of nitrogens with one attached hydrogen (secondary N) is 1. The summed E-state index contributed by atoms with van der Waals surface area (Å²) in [5, 5.41) is 12.2. The fourth-order valence-electron chi connectivity index (χ4n) is 1.56. The number of ether oxygens (including phenoxy) is 1. The first kappa shape index (κ1) is 10.7. The van der Waals surface area contributed by atoms with Crippen molar-refractivity contribution >= 4 is 11.6 Å². The van der Waals surface area contributed by atoms with E-state index in [1.54, 1.807) is 0 Å². The average molecular weight is 232 g/mol. The molecule has 5 heteroatoms. The second-order valence-corrected chi connectivity index (χ2v) is 3.78. The molecular formula is C10H11ClFNO2. The van der Waals surface area contributed by atoms with Crippen molar-refractivity contribution in [1.29, 1.82) is 0 Å². The van der Waals surface area contributed by atoms with Crippen molar-refractivity contribution in [2.24, 2.45) is 0 Å². The SMILES string of the molecule is Oc1cc(C2CNCCO2)cc(F)c1Cl. The molecule has 0 spiro atoms. The van der Waals surface area contributed by atoms with Crippen LogP contribution in [-0.2, 0) is 4.74 Å². The zero-order valence-electron chi connectivity index (χ0n) is 7.96. The minimum atomic E-state index is -0.624. The minimum absolute atomic E-state index is 0.226. The first-order valence-electron chi connectivity index (χ1n) is 4.68. The lowest BCUT2D eigenvalue weighted by Gasteiger charge is -2.24. The summed E-state index contributed by atoms with van der Waals surface area (Å²) in [4.78, 5) is 0. The maximum Gasteiger partial charge on any atom is 0.145 e. The van der Waals surface area contributed by atoms with Gasteiger partial charge in [0, 0.05) is 13.1 Å². The van der Waals surface area contributed by atoms with Gasteiger partial charge in [0.15, 0.2) is 0 Å². The van der Waals surface area contributed by atoms with Crippen molar-refractivity contribution in [3.63, 3.8) is 0 Å². The normalized spacial score (nSPS) is 21.6. The largest absolute Gasteiger partial charge is 0.506 e. The van der Waals surface area contributed by atoms with Crippen LogP contribution < -0.4 is 5.32 Å². The topological polar surface area (TPSA) is 41.5 Å². The predicted molar refractivity (Wildman–Crippen MR) is 54.6 cm³/mol. The van der Waals surface area contributed by atoms with E-state index in [9.17, 15) is 9.50 Å². The monoisotopic (exact) mass is 231 g/mol. The quantitative estimate of drug-likeness (QED) is 0.775. The highest BCUT2D eigenvalue weighted by molar-refractivity contribution is 6.32. The number of aromatic hydroxyl groups is 1. The molecule has 3 nitrogen and oxygen atoms in total. The molecule has 0 amide bonds. The number of halogens is 2. The van der Waals surface area contributed by atoms with Crippen LogP contribution >= 0.6 is 11.6 Å². The molecule has 1 unspecified atom stereocenters. The van der Waals surface area contributed by atoms with E-state index in [0.29, 0.717) is 18.7 Å². The number of phenols is 1. The van der Waals surface area contributed by atoms with Gasteiger partial charge in [0.1, 0.15) is 16.6 Å². The van der Waals surface area contributed by atoms with Crippen LogP contribution in [0.1, 0.15) is 11.7 Å². The van der Waals surface area contributed by atoms with Gasteiger partial charge in [-0.3, -0.25) is 0 Å². The van der Waals surface area contributed by atoms with Crippen LogP contribution in [0.5, 0.6) is 5.75 Å². The molecule has 0 aliphatic carbocycles. The second kappa shape index (κ2) is 4.35. The van der Waals surface area contributed by atoms with Crippen molar-refractivity contribution in [2.45, 2.75) is 6.10 Å². The number of phenolic OH excluding ortho intramolecular Hbond substituents is 1. The smallest absolute Gasteiger partial charge is 0.145 e. The first-order valence-corrected chi connectivity index (χ1v) is 5.06. The molecule has 0 bridgehead atoms. The highest BCUT2D eigenvalue weighted by atomic mass is 35.5. The van der Waals surface area contributed by atoms with Crippen LogP contribution in [-0.4, -0.2) is 24.8 Å². The van der Waals surface area contributed by atoms with E-state index in [4.69, 9.17) is 16.3 Å². The van der Waals surface area contributed by atoms with Gasteiger partial charge in [-0.25, -0.2) is 4.39 Å². The van der Waals surface area contributed by atoms with E-state index in [-0.39, 0.29) is 16.9 Å². The van der Waals surface area contributed by atoms with Gasteiger partial charge in [0.2, 0.25) is 0 Å². The van der Waals surface area contributed by atoms with E-state index < -0.39 is 5.82 Å². The molecule has 1 atom stereocenters. The van der Waals surface area contributed by atoms with E-state index in [0.717, 1.165) is 6.54 Å². The van der Waals surface area contributed by atoms with Gasteiger partial charge in [-0.2, -0.15) is 0 Å². The van der Waals surface area contributed by atoms with Crippen molar-refractivity contribution < 1.29 is 14.2 Å². The Bertz CT molecular complexity index is 343. The number of benzene rings is 1. The van der Waals surface area contributed by atoms with Gasteiger partial charge in [0.05, 0.1) is 12.7 Å². The maximum atomic E-state index is 13.2. The summed E-state index contributed by atoms with van der Waals surface area (Å²) in [5.41, 5.74) is 0.599. The molecule has 1 aromatic carbocycles. The predicted octanol–water partition coefficient (Wildman–Crippen LogP) is 1.85. The van der Waals surface area contributed by atoms with Gasteiger partial charge in [0.25, 0.3) is 0 Å². The van der Waals surface area contributed by atoms with Crippen LogP contribution in [0.15, 0.2) is 12.1 Å². The van der Waals surface area contributed by atoms with Gasteiger partial charge < -0.3 is 15.2 Å². The number of hydrogen-bond donors (Lipinski definition) is 2. The molecule has 1 aliphatic heterocycles. The van der Waals surface area contributed by atoms with Crippen LogP contribution in [0.3, 0.4) is 0 Å². The summed E-state index contributed by atoms with van der Waals surface area (Å²) in [6.07, 6.45) is -0.226. The molecule has 0 saturated carbocycles. The van der Waals surface area contributed by atoms with Crippen LogP contribution in [0, 0.1) is 5.82 Å². The lowest BCUT2D eigenvalue weighted by Crippen LogP contribution is -2.33. The molecule has 1 aliphatic rings. The first-order chi connectivity index (χ1) is 7.18. The number of hydrogen-bond acceptors (Lipinski definition) is 3. The Morgan fingerprint density at radius 1 is 1.53 bits per heavy atom. The standard InChI is InChI=1S/C10H11ClFNO2/c11-10-7(12)3-6(4-8(10)14)9-5-13-1-2-15-9/h3-4,9,13-14H,1-2,5H2. The summed E-state index contributed by atoms with van der Waals surface area (Å²) < 4.78 is 18.7. The Morgan fingerprint density at radius 3 is 2.93 bits per heavy atom. The zero-order chi connectivity index (χ0) is 10.8. The van der Waals surface area contributed by atoms with E-state index in [1.165, 1.54) is 12.1 Å². The highest BCUT2D eigenvalue weighted by Crippen LogP contribution is 2.31. The third-order valence-electron chi connectivity index (χ3n) is 2.33. The van der Waals surface area contributed by atoms with E-state index >= 15 is 0 Å². The van der Waals surface area contributed by atoms with Crippen LogP contribution in [0.25, 0.3) is 0 Å². The van der Waals surface area contributed by atoms with Crippen LogP contribution in [0.2, 0.25) is 5.02 Å². The van der Waals surface area contributed by atoms with E-state index in [2.05, 4.69) is 5.32 Å². The van der Waals surface area contributed by atoms with Gasteiger partial charge in [-0.15, -0.1) is 0 Å². The molecule has 82 valence electrons. The Balaban J connectivity index is 2.27. The van der Waals surface area contributed by atoms with E-state index in [1.807, 2.05) is 0 Å². The number of rotatable bonds is 1. The van der Waals surface area contributed by atoms with Crippen molar-refractivity contribution in [2.75, 3.05) is 19.7 Å². The van der Waals surface area contributed by atoms with Gasteiger partial charge in [-0.1, -0.05) is 11.6 Å². The summed E-state index contributed by atoms with van der Waals surface area (Å²) in [5.74, 6) is -0.873. The molecule has 1 aromatic rings. The molecule has 1 fully saturated rings. The summed E-state index contributed by atoms with van der Waals surface area (Å²) in [6.45, 7) is 1.98. The molecule has 15 heavy (non-hydrogen) atoms. The maximum absolute atomic E-state index is 13.2. The lowest BCUT2D eigenvalue weighted by molar-refractivity contribution is 0.0274. The Morgan fingerprint density at radius 2 is 2.33 bits per heavy atom. The Kier molecular flexibility index (Phi) is 3.09. The Hall–Kier alpha value is -0.840. The zero-order valence-corrected chi connectivity index (χ0v) is 8.72. The molecule has 1 saturated heterocycles. The summed E-state index contributed by atoms with van der Waals surface area (Å²) in [6, 6.07) is 2.72. The molecule has 0 radical (unpaired) electrons. The molecule has 0 aromatic heterocycles. The highest BCUT2D eigenvalue weighted by Gasteiger charge is 2.18. The summed E-state index contributed by atoms with van der Waals surface area (Å²) >= 11 is 5.51. The average Bonchev–Trinajstić information content (AvgIpc) is 2.26. The fourth-order valence-corrected chi connectivity index (χ4v) is 1.67. The molecule has 2 N–H and O–H groups in total. The molecular weight excluding hydrogens is 221 g/mol. The van der Waals surface area contributed by atoms with Crippen molar-refractivity contribution in [3.05, 3.63) is 28.5 Å². The molecule has 2 rings (SSSR count). The van der Waals surface area contributed by atoms with Crippen LogP contribution in [0.4, 0.5) is 4.39 Å². The van der Waals surface area contributed by atoms with Gasteiger partial charge >= 0.3 is 0 Å².